The average Bonchev–Trinajstić information content (AvgIpc) is 3.15. The monoisotopic (exact) mass is 395 g/mol. The van der Waals surface area contributed by atoms with E-state index < -0.39 is 23.3 Å². The van der Waals surface area contributed by atoms with Gasteiger partial charge in [-0.3, -0.25) is 5.10 Å². The summed E-state index contributed by atoms with van der Waals surface area (Å²) < 4.78 is 59.6. The first-order valence-corrected chi connectivity index (χ1v) is 8.61. The largest absolute Gasteiger partial charge is 0.331 e. The summed E-state index contributed by atoms with van der Waals surface area (Å²) in [7, 11) is 0. The summed E-state index contributed by atoms with van der Waals surface area (Å²) in [5.41, 5.74) is 1.51. The van der Waals surface area contributed by atoms with Gasteiger partial charge in [0.1, 0.15) is 11.6 Å². The number of rotatable bonds is 3. The van der Waals surface area contributed by atoms with Crippen LogP contribution in [0.1, 0.15) is 11.1 Å². The van der Waals surface area contributed by atoms with Crippen molar-refractivity contribution in [2.45, 2.75) is 0 Å². The highest BCUT2D eigenvalue weighted by molar-refractivity contribution is 6.22. The first-order chi connectivity index (χ1) is 14.0. The number of nitrogens with one attached hydrogen (secondary N) is 1. The lowest BCUT2D eigenvalue weighted by molar-refractivity contribution is 0.508. The number of hydrogen-bond acceptors (Lipinski definition) is 2. The van der Waals surface area contributed by atoms with Crippen molar-refractivity contribution in [2.24, 2.45) is 0 Å². The number of fused-ring (bicyclic) bond motifs is 1. The summed E-state index contributed by atoms with van der Waals surface area (Å²) in [5, 5.41) is 6.59. The molecule has 5 rings (SSSR count). The standard InChI is InChI=1S/C21H11F4N4/c22-14-6-4-11(8-17(14)25)21-27-18-7-5-12(10-29(18)21)13-9-26-28-20(13)19-15(23)2-1-3-16(19)24/h1-10H,(H,26,28)/q+1. The van der Waals surface area contributed by atoms with Crippen LogP contribution in [0.3, 0.4) is 0 Å². The Morgan fingerprint density at radius 2 is 1.69 bits per heavy atom. The third kappa shape index (κ3) is 2.69. The third-order valence-electron chi connectivity index (χ3n) is 4.72. The maximum atomic E-state index is 14.2. The minimum Gasteiger partial charge on any atom is -0.277 e. The predicted octanol–water partition coefficient (Wildman–Crippen LogP) is 3.77. The van der Waals surface area contributed by atoms with E-state index in [-0.39, 0.29) is 11.3 Å². The Morgan fingerprint density at radius 3 is 2.45 bits per heavy atom. The van der Waals surface area contributed by atoms with Gasteiger partial charge in [-0.2, -0.15) is 10.00 Å². The Morgan fingerprint density at radius 1 is 0.897 bits per heavy atom. The van der Waals surface area contributed by atoms with Gasteiger partial charge in [0.05, 0.1) is 29.2 Å². The molecule has 0 atom stereocenters. The van der Waals surface area contributed by atoms with Crippen molar-refractivity contribution in [2.75, 3.05) is 0 Å². The molecule has 4 nitrogen and oxygen atoms in total. The Hall–Kier alpha value is -3.90. The predicted molar refractivity (Wildman–Crippen MR) is 101 cm³/mol. The summed E-state index contributed by atoms with van der Waals surface area (Å²) >= 11 is 0. The van der Waals surface area contributed by atoms with E-state index in [1.807, 2.05) is 0 Å². The van der Waals surface area contributed by atoms with Crippen molar-refractivity contribution < 1.29 is 17.6 Å². The molecule has 0 aliphatic carbocycles. The first-order valence-electron chi connectivity index (χ1n) is 8.61. The van der Waals surface area contributed by atoms with Crippen LogP contribution in [-0.4, -0.2) is 26.8 Å². The fraction of sp³-hybridized carbons (Fsp3) is 0. The summed E-state index contributed by atoms with van der Waals surface area (Å²) in [6.07, 6.45) is 6.63. The quantitative estimate of drug-likeness (QED) is 0.542. The topological polar surface area (TPSA) is 46.0 Å². The van der Waals surface area contributed by atoms with E-state index in [9.17, 15) is 17.6 Å². The molecule has 3 aromatic rings. The van der Waals surface area contributed by atoms with Crippen LogP contribution >= 0.6 is 0 Å². The van der Waals surface area contributed by atoms with Gasteiger partial charge in [0, 0.05) is 17.2 Å². The van der Waals surface area contributed by atoms with Gasteiger partial charge in [0.25, 0.3) is 0 Å². The molecule has 3 heterocycles. The van der Waals surface area contributed by atoms with Gasteiger partial charge in [-0.15, -0.1) is 0 Å². The summed E-state index contributed by atoms with van der Waals surface area (Å²) in [5.74, 6) is -2.30. The van der Waals surface area contributed by atoms with E-state index in [0.29, 0.717) is 28.4 Å². The van der Waals surface area contributed by atoms with Crippen LogP contribution in [0.5, 0.6) is 0 Å². The van der Waals surface area contributed by atoms with Crippen LogP contribution in [0.15, 0.2) is 60.9 Å². The Bertz CT molecular complexity index is 1280. The second kappa shape index (κ2) is 6.32. The maximum absolute atomic E-state index is 14.2. The Labute approximate surface area is 161 Å². The van der Waals surface area contributed by atoms with Gasteiger partial charge < -0.3 is 0 Å². The fourth-order valence-corrected chi connectivity index (χ4v) is 3.30. The Balaban J connectivity index is 1.54. The van der Waals surface area contributed by atoms with Crippen LogP contribution in [0.2, 0.25) is 0 Å². The lowest BCUT2D eigenvalue weighted by Gasteiger charge is -2.21. The van der Waals surface area contributed by atoms with Crippen LogP contribution in [0, 0.1) is 23.3 Å². The van der Waals surface area contributed by atoms with Crippen molar-refractivity contribution in [1.29, 1.82) is 0 Å². The number of nitrogens with zero attached hydrogens (tertiary/aromatic N) is 3. The third-order valence-corrected chi connectivity index (χ3v) is 4.72. The van der Waals surface area contributed by atoms with E-state index in [0.717, 1.165) is 12.1 Å². The van der Waals surface area contributed by atoms with Gasteiger partial charge >= 0.3 is 11.7 Å². The van der Waals surface area contributed by atoms with Gasteiger partial charge in [-0.1, -0.05) is 6.07 Å². The molecule has 2 aliphatic rings. The highest BCUT2D eigenvalue weighted by atomic mass is 19.2. The zero-order valence-corrected chi connectivity index (χ0v) is 14.6. The van der Waals surface area contributed by atoms with Crippen LogP contribution in [0.4, 0.5) is 17.6 Å². The maximum Gasteiger partial charge on any atom is 0.331 e. The molecule has 0 spiro atoms. The molecule has 29 heavy (non-hydrogen) atoms. The molecule has 8 heteroatoms. The van der Waals surface area contributed by atoms with E-state index in [1.54, 1.807) is 23.3 Å². The molecule has 2 aliphatic heterocycles. The zero-order valence-electron chi connectivity index (χ0n) is 14.6. The van der Waals surface area contributed by atoms with Crippen molar-refractivity contribution >= 4 is 17.2 Å². The smallest absolute Gasteiger partial charge is 0.277 e. The van der Waals surface area contributed by atoms with E-state index in [1.165, 1.54) is 30.5 Å². The number of halogens is 4. The fourth-order valence-electron chi connectivity index (χ4n) is 3.30. The summed E-state index contributed by atoms with van der Waals surface area (Å²) in [4.78, 5) is 1.69. The lowest BCUT2D eigenvalue weighted by atomic mass is 9.99. The minimum atomic E-state index is -0.970. The second-order valence-corrected chi connectivity index (χ2v) is 6.47. The molecule has 0 saturated carbocycles. The Kier molecular flexibility index (Phi) is 3.75. The molecule has 2 aromatic carbocycles. The summed E-state index contributed by atoms with van der Waals surface area (Å²) in [6.45, 7) is 0. The van der Waals surface area contributed by atoms with Crippen molar-refractivity contribution in [3.05, 3.63) is 95.3 Å². The van der Waals surface area contributed by atoms with Gasteiger partial charge in [-0.05, 0) is 36.4 Å². The van der Waals surface area contributed by atoms with Crippen molar-refractivity contribution in [3.63, 3.8) is 0 Å². The molecular weight excluding hydrogens is 384 g/mol. The van der Waals surface area contributed by atoms with E-state index in [4.69, 9.17) is 0 Å². The normalized spacial score (nSPS) is 14.8. The highest BCUT2D eigenvalue weighted by Crippen LogP contribution is 2.33. The molecule has 0 bridgehead atoms. The number of amidine groups is 2. The minimum absolute atomic E-state index is 0.201. The molecule has 0 fully saturated rings. The number of aromatic nitrogens is 2. The van der Waals surface area contributed by atoms with Crippen molar-refractivity contribution in [3.8, 4) is 11.3 Å². The molecule has 142 valence electrons. The number of H-pyrrole nitrogens is 1. The van der Waals surface area contributed by atoms with Crippen molar-refractivity contribution in [1.82, 2.24) is 19.8 Å². The molecule has 1 aromatic heterocycles. The molecule has 0 unspecified atom stereocenters. The molecule has 0 radical (unpaired) electrons. The zero-order chi connectivity index (χ0) is 20.1. The number of hydrogen-bond donors (Lipinski definition) is 1. The van der Waals surface area contributed by atoms with Crippen LogP contribution in [-0.2, 0) is 0 Å². The van der Waals surface area contributed by atoms with Gasteiger partial charge in [-0.25, -0.2) is 22.2 Å². The first kappa shape index (κ1) is 17.2. The highest BCUT2D eigenvalue weighted by Gasteiger charge is 2.36. The molecule has 0 amide bonds. The lowest BCUT2D eigenvalue weighted by Crippen LogP contribution is -2.45. The number of benzene rings is 2. The number of aromatic amines is 1. The molecule has 0 saturated heterocycles. The molecular formula is C21H11F4N4+. The SMILES string of the molecule is Fc1ccc(C2=[N+]=C3C=CC(c4cn[nH]c4-c4c(F)cccc4F)=CN32)cc1F. The van der Waals surface area contributed by atoms with Crippen LogP contribution < -0.4 is 4.67 Å². The van der Waals surface area contributed by atoms with Crippen LogP contribution in [0.25, 0.3) is 16.8 Å². The van der Waals surface area contributed by atoms with Gasteiger partial charge in [0.15, 0.2) is 11.6 Å². The second-order valence-electron chi connectivity index (χ2n) is 6.47. The van der Waals surface area contributed by atoms with E-state index in [2.05, 4.69) is 14.9 Å². The summed E-state index contributed by atoms with van der Waals surface area (Å²) in [6, 6.07) is 7.15. The van der Waals surface area contributed by atoms with Gasteiger partial charge in [0.2, 0.25) is 0 Å². The van der Waals surface area contributed by atoms with E-state index >= 15 is 0 Å². The number of allylic oxidation sites excluding steroid dienone is 2. The molecule has 1 N–H and O–H groups in total. The average molecular weight is 395 g/mol.